The van der Waals surface area contributed by atoms with Crippen LogP contribution in [0.3, 0.4) is 0 Å². The van der Waals surface area contributed by atoms with Crippen LogP contribution in [0.15, 0.2) is 24.3 Å². The number of hydrogen-bond acceptors (Lipinski definition) is 1. The molecule has 0 radical (unpaired) electrons. The average Bonchev–Trinajstić information content (AvgIpc) is 2.25. The van der Waals surface area contributed by atoms with Crippen molar-refractivity contribution in [3.8, 4) is 0 Å². The maximum Gasteiger partial charge on any atom is 0.187 e. The lowest BCUT2D eigenvalue weighted by Crippen LogP contribution is -2.36. The number of nitrogens with zero attached hydrogens (tertiary/aromatic N) is 2. The maximum absolute atomic E-state index is 6.91. The van der Waals surface area contributed by atoms with Crippen LogP contribution in [0.1, 0.15) is 33.3 Å². The molecule has 1 aromatic carbocycles. The Bertz CT molecular complexity index is 349. The predicted octanol–water partition coefficient (Wildman–Crippen LogP) is 3.86. The molecular weight excluding hydrogens is 196 g/mol. The summed E-state index contributed by atoms with van der Waals surface area (Å²) in [6, 6.07) is 8.96. The highest BCUT2D eigenvalue weighted by molar-refractivity contribution is 5.45. The molecule has 2 nitrogen and oxygen atoms in total. The second kappa shape index (κ2) is 5.67. The van der Waals surface area contributed by atoms with Crippen molar-refractivity contribution >= 4 is 5.69 Å². The molecule has 0 amide bonds. The second-order valence-electron chi connectivity index (χ2n) is 4.64. The van der Waals surface area contributed by atoms with E-state index in [1.165, 1.54) is 5.56 Å². The van der Waals surface area contributed by atoms with Crippen molar-refractivity contribution in [3.05, 3.63) is 41.2 Å². The summed E-state index contributed by atoms with van der Waals surface area (Å²) in [5, 5.41) is 0. The van der Waals surface area contributed by atoms with Gasteiger partial charge >= 0.3 is 0 Å². The van der Waals surface area contributed by atoms with Crippen LogP contribution in [-0.4, -0.2) is 17.0 Å². The van der Waals surface area contributed by atoms with Crippen LogP contribution < -0.4 is 0 Å². The first-order valence-electron chi connectivity index (χ1n) is 5.76. The van der Waals surface area contributed by atoms with Crippen LogP contribution >= 0.6 is 0 Å². The normalized spacial score (nSPS) is 11.1. The molecule has 0 bridgehead atoms. The fraction of sp³-hybridized carbons (Fsp3) is 0.500. The van der Waals surface area contributed by atoms with Crippen LogP contribution in [0.5, 0.6) is 0 Å². The van der Waals surface area contributed by atoms with E-state index < -0.39 is 0 Å². The van der Waals surface area contributed by atoms with Crippen LogP contribution in [0.4, 0.5) is 5.69 Å². The molecule has 16 heavy (non-hydrogen) atoms. The van der Waals surface area contributed by atoms with E-state index in [1.807, 2.05) is 24.3 Å². The average molecular weight is 216 g/mol. The first kappa shape index (κ1) is 12.7. The zero-order chi connectivity index (χ0) is 12.1. The molecule has 0 heterocycles. The third kappa shape index (κ3) is 3.36. The molecule has 0 fully saturated rings. The van der Waals surface area contributed by atoms with Gasteiger partial charge in [-0.15, -0.1) is 0 Å². The van der Waals surface area contributed by atoms with Gasteiger partial charge in [-0.1, -0.05) is 24.3 Å². The number of hydrogen-bond donors (Lipinski definition) is 0. The molecule has 0 atom stereocenters. The van der Waals surface area contributed by atoms with E-state index in [1.54, 1.807) is 0 Å². The molecule has 0 N–H and O–H groups in total. The van der Waals surface area contributed by atoms with Crippen molar-refractivity contribution in [2.45, 2.75) is 46.3 Å². The van der Waals surface area contributed by atoms with E-state index in [2.05, 4.69) is 37.4 Å². The Morgan fingerprint density at radius 1 is 1.06 bits per heavy atom. The SMILES string of the molecule is [C-]#[N+]c1ccc(CN(C(C)C)C(C)C)cc1. The monoisotopic (exact) mass is 216 g/mol. The van der Waals surface area contributed by atoms with Gasteiger partial charge in [-0.3, -0.25) is 4.90 Å². The van der Waals surface area contributed by atoms with Gasteiger partial charge in [0.25, 0.3) is 0 Å². The zero-order valence-electron chi connectivity index (χ0n) is 10.6. The fourth-order valence-corrected chi connectivity index (χ4v) is 1.85. The molecule has 0 unspecified atom stereocenters. The van der Waals surface area contributed by atoms with Crippen molar-refractivity contribution in [2.24, 2.45) is 0 Å². The van der Waals surface area contributed by atoms with Crippen LogP contribution in [-0.2, 0) is 6.54 Å². The molecule has 86 valence electrons. The molecule has 0 aliphatic carbocycles. The fourth-order valence-electron chi connectivity index (χ4n) is 1.85. The van der Waals surface area contributed by atoms with Gasteiger partial charge in [0.1, 0.15) is 0 Å². The summed E-state index contributed by atoms with van der Waals surface area (Å²) in [6.45, 7) is 16.7. The van der Waals surface area contributed by atoms with Gasteiger partial charge in [-0.2, -0.15) is 0 Å². The Labute approximate surface area is 98.7 Å². The Morgan fingerprint density at radius 3 is 1.94 bits per heavy atom. The lowest BCUT2D eigenvalue weighted by molar-refractivity contribution is 0.166. The van der Waals surface area contributed by atoms with Gasteiger partial charge in [-0.05, 0) is 33.3 Å². The summed E-state index contributed by atoms with van der Waals surface area (Å²) in [5.74, 6) is 0. The third-order valence-corrected chi connectivity index (χ3v) is 2.76. The van der Waals surface area contributed by atoms with Crippen LogP contribution in [0, 0.1) is 6.57 Å². The summed E-state index contributed by atoms with van der Waals surface area (Å²) >= 11 is 0. The molecule has 0 saturated carbocycles. The predicted molar refractivity (Wildman–Crippen MR) is 68.5 cm³/mol. The van der Waals surface area contributed by atoms with Gasteiger partial charge < -0.3 is 0 Å². The van der Waals surface area contributed by atoms with E-state index >= 15 is 0 Å². The van der Waals surface area contributed by atoms with E-state index in [4.69, 9.17) is 6.57 Å². The number of benzene rings is 1. The van der Waals surface area contributed by atoms with Gasteiger partial charge in [-0.25, -0.2) is 4.85 Å². The molecule has 0 spiro atoms. The summed E-state index contributed by atoms with van der Waals surface area (Å²) in [6.07, 6.45) is 0. The van der Waals surface area contributed by atoms with Crippen LogP contribution in [0.25, 0.3) is 4.85 Å². The largest absolute Gasteiger partial charge is 0.294 e. The first-order valence-corrected chi connectivity index (χ1v) is 5.76. The van der Waals surface area contributed by atoms with Gasteiger partial charge in [0, 0.05) is 18.6 Å². The van der Waals surface area contributed by atoms with E-state index in [-0.39, 0.29) is 0 Å². The van der Waals surface area contributed by atoms with Crippen molar-refractivity contribution in [2.75, 3.05) is 0 Å². The molecule has 1 rings (SSSR count). The molecular formula is C14H20N2. The highest BCUT2D eigenvalue weighted by atomic mass is 15.2. The lowest BCUT2D eigenvalue weighted by atomic mass is 10.1. The lowest BCUT2D eigenvalue weighted by Gasteiger charge is -2.30. The Balaban J connectivity index is 2.75. The standard InChI is InChI=1S/C14H20N2/c1-11(2)16(12(3)4)10-13-6-8-14(15-5)9-7-13/h6-9,11-12H,10H2,1-4H3. The zero-order valence-corrected chi connectivity index (χ0v) is 10.6. The first-order chi connectivity index (χ1) is 7.54. The molecule has 0 saturated heterocycles. The van der Waals surface area contributed by atoms with Crippen molar-refractivity contribution in [1.82, 2.24) is 4.90 Å². The number of rotatable bonds is 4. The molecule has 1 aromatic rings. The minimum absolute atomic E-state index is 0.542. The van der Waals surface area contributed by atoms with Crippen molar-refractivity contribution in [3.63, 3.8) is 0 Å². The van der Waals surface area contributed by atoms with Crippen LogP contribution in [0.2, 0.25) is 0 Å². The smallest absolute Gasteiger partial charge is 0.187 e. The minimum Gasteiger partial charge on any atom is -0.294 e. The second-order valence-corrected chi connectivity index (χ2v) is 4.64. The molecule has 0 aromatic heterocycles. The third-order valence-electron chi connectivity index (χ3n) is 2.76. The molecule has 0 aliphatic heterocycles. The summed E-state index contributed by atoms with van der Waals surface area (Å²) in [5.41, 5.74) is 1.99. The van der Waals surface area contributed by atoms with Crippen molar-refractivity contribution in [1.29, 1.82) is 0 Å². The highest BCUT2D eigenvalue weighted by Gasteiger charge is 2.13. The summed E-state index contributed by atoms with van der Waals surface area (Å²) < 4.78 is 0. The van der Waals surface area contributed by atoms with Gasteiger partial charge in [0.15, 0.2) is 5.69 Å². The summed E-state index contributed by atoms with van der Waals surface area (Å²) in [7, 11) is 0. The van der Waals surface area contributed by atoms with E-state index in [0.29, 0.717) is 17.8 Å². The topological polar surface area (TPSA) is 7.60 Å². The molecule has 0 aliphatic rings. The molecule has 2 heteroatoms. The summed E-state index contributed by atoms with van der Waals surface area (Å²) in [4.78, 5) is 5.83. The maximum atomic E-state index is 6.91. The van der Waals surface area contributed by atoms with Gasteiger partial charge in [0.2, 0.25) is 0 Å². The van der Waals surface area contributed by atoms with E-state index in [9.17, 15) is 0 Å². The Hall–Kier alpha value is -1.33. The Kier molecular flexibility index (Phi) is 4.52. The minimum atomic E-state index is 0.542. The quantitative estimate of drug-likeness (QED) is 0.693. The van der Waals surface area contributed by atoms with Crippen molar-refractivity contribution < 1.29 is 0 Å². The Morgan fingerprint density at radius 2 is 1.56 bits per heavy atom. The van der Waals surface area contributed by atoms with Gasteiger partial charge in [0.05, 0.1) is 6.57 Å². The highest BCUT2D eigenvalue weighted by Crippen LogP contribution is 2.16. The van der Waals surface area contributed by atoms with E-state index in [0.717, 1.165) is 6.54 Å².